The van der Waals surface area contributed by atoms with Crippen LogP contribution in [-0.2, 0) is 23.8 Å². The second kappa shape index (κ2) is 49.5. The summed E-state index contributed by atoms with van der Waals surface area (Å²) < 4.78 is 25.1. The van der Waals surface area contributed by atoms with Gasteiger partial charge in [-0.25, -0.2) is 5.43 Å². The SMILES string of the molecule is CC/C=C\C(=O)CCC.CCCC.CCCOC(=O)CCC.CCCOCCOCCC.CNNc1ccc([N+](=O)[O-])cc1.COc1ccc(OC)c(N)c1.Cc1ccc(N)cc1. The van der Waals surface area contributed by atoms with Crippen LogP contribution in [-0.4, -0.2) is 71.0 Å². The third-order valence-electron chi connectivity index (χ3n) is 7.39. The van der Waals surface area contributed by atoms with E-state index < -0.39 is 4.92 Å². The number of methoxy groups -OCH3 is 2. The van der Waals surface area contributed by atoms with Crippen molar-refractivity contribution in [3.05, 3.63) is 94.6 Å². The predicted octanol–water partition coefficient (Wildman–Crippen LogP) is 11.7. The number of nitrogen functional groups attached to an aromatic ring is 2. The number of benzene rings is 3. The first-order chi connectivity index (χ1) is 30.2. The van der Waals surface area contributed by atoms with Crippen LogP contribution in [0.4, 0.5) is 22.7 Å². The number of nitrogens with one attached hydrogen (secondary N) is 2. The van der Waals surface area contributed by atoms with Gasteiger partial charge in [-0.05, 0) is 87.9 Å². The quantitative estimate of drug-likeness (QED) is 0.0197. The zero-order valence-corrected chi connectivity index (χ0v) is 40.9. The fourth-order valence-electron chi connectivity index (χ4n) is 3.90. The van der Waals surface area contributed by atoms with Gasteiger partial charge in [0.25, 0.3) is 5.69 Å². The first-order valence-electron chi connectivity index (χ1n) is 22.2. The number of allylic oxidation sites excluding steroid dienone is 2. The fourth-order valence-corrected chi connectivity index (χ4v) is 3.90. The average Bonchev–Trinajstić information content (AvgIpc) is 3.29. The first kappa shape index (κ1) is 64.4. The molecule has 0 unspecified atom stereocenters. The summed E-state index contributed by atoms with van der Waals surface area (Å²) in [5, 5.41) is 10.2. The summed E-state index contributed by atoms with van der Waals surface area (Å²) in [7, 11) is 4.90. The normalized spacial score (nSPS) is 9.46. The zero-order valence-electron chi connectivity index (χ0n) is 40.9. The number of esters is 1. The Labute approximate surface area is 380 Å². The maximum absolute atomic E-state index is 10.7. The van der Waals surface area contributed by atoms with Gasteiger partial charge < -0.3 is 40.6 Å². The third-order valence-corrected chi connectivity index (χ3v) is 7.39. The van der Waals surface area contributed by atoms with Crippen molar-refractivity contribution in [3.8, 4) is 11.5 Å². The molecule has 0 amide bonds. The van der Waals surface area contributed by atoms with Crippen molar-refractivity contribution >= 4 is 34.5 Å². The van der Waals surface area contributed by atoms with E-state index in [9.17, 15) is 19.7 Å². The minimum atomic E-state index is -0.427. The van der Waals surface area contributed by atoms with Gasteiger partial charge in [0.1, 0.15) is 11.5 Å². The Hall–Kier alpha value is -5.18. The van der Waals surface area contributed by atoms with Gasteiger partial charge in [0.05, 0.1) is 44.7 Å². The van der Waals surface area contributed by atoms with Crippen LogP contribution in [0.3, 0.4) is 0 Å². The topological polar surface area (TPSA) is 200 Å². The van der Waals surface area contributed by atoms with Crippen molar-refractivity contribution in [1.29, 1.82) is 0 Å². The molecule has 3 rings (SSSR count). The summed E-state index contributed by atoms with van der Waals surface area (Å²) in [5.74, 6) is 1.59. The minimum absolute atomic E-state index is 0.0700. The number of nitro benzene ring substituents is 1. The van der Waals surface area contributed by atoms with Crippen LogP contribution in [0.5, 0.6) is 11.5 Å². The lowest BCUT2D eigenvalue weighted by Crippen LogP contribution is -2.14. The Kier molecular flexibility index (Phi) is 50.6. The van der Waals surface area contributed by atoms with Gasteiger partial charge >= 0.3 is 5.97 Å². The lowest BCUT2D eigenvalue weighted by Gasteiger charge is -2.05. The molecule has 0 spiro atoms. The van der Waals surface area contributed by atoms with E-state index in [0.29, 0.717) is 30.9 Å². The van der Waals surface area contributed by atoms with Crippen molar-refractivity contribution in [1.82, 2.24) is 5.43 Å². The number of rotatable bonds is 21. The summed E-state index contributed by atoms with van der Waals surface area (Å²) in [6, 6.07) is 19.2. The molecule has 0 aliphatic carbocycles. The number of ether oxygens (including phenoxy) is 5. The summed E-state index contributed by atoms with van der Waals surface area (Å²) in [4.78, 5) is 31.1. The molecule has 0 radical (unpaired) electrons. The van der Waals surface area contributed by atoms with Crippen molar-refractivity contribution in [2.45, 2.75) is 127 Å². The number of aryl methyl sites for hydroxylation is 1. The summed E-state index contributed by atoms with van der Waals surface area (Å²) in [6.45, 7) is 22.4. The highest BCUT2D eigenvalue weighted by Crippen LogP contribution is 2.25. The van der Waals surface area contributed by atoms with E-state index in [1.54, 1.807) is 57.7 Å². The third kappa shape index (κ3) is 46.2. The number of anilines is 3. The van der Waals surface area contributed by atoms with Gasteiger partial charge in [-0.2, -0.15) is 0 Å². The van der Waals surface area contributed by atoms with Gasteiger partial charge in [-0.1, -0.05) is 92.0 Å². The molecule has 14 nitrogen and oxygen atoms in total. The van der Waals surface area contributed by atoms with Crippen molar-refractivity contribution in [2.24, 2.45) is 0 Å². The van der Waals surface area contributed by atoms with Crippen LogP contribution in [0.1, 0.15) is 125 Å². The van der Waals surface area contributed by atoms with Crippen molar-refractivity contribution in [2.75, 3.05) is 71.2 Å². The van der Waals surface area contributed by atoms with Gasteiger partial charge in [0, 0.05) is 62.7 Å². The number of nitrogens with zero attached hydrogens (tertiary/aromatic N) is 1. The molecule has 3 aromatic rings. The molecule has 0 saturated heterocycles. The molecule has 0 bridgehead atoms. The smallest absolute Gasteiger partial charge is 0.305 e. The van der Waals surface area contributed by atoms with Crippen LogP contribution in [0, 0.1) is 17.0 Å². The van der Waals surface area contributed by atoms with Gasteiger partial charge in [-0.3, -0.25) is 19.7 Å². The largest absolute Gasteiger partial charge is 0.497 e. The maximum Gasteiger partial charge on any atom is 0.305 e. The molecule has 0 atom stereocenters. The van der Waals surface area contributed by atoms with Crippen molar-refractivity contribution < 1.29 is 38.2 Å². The number of carbonyl (C=O) groups excluding carboxylic acids is 2. The van der Waals surface area contributed by atoms with E-state index in [0.717, 1.165) is 82.1 Å². The molecule has 0 aliphatic rings. The van der Waals surface area contributed by atoms with Gasteiger partial charge in [0.15, 0.2) is 5.78 Å². The number of unbranched alkanes of at least 4 members (excludes halogenated alkanes) is 1. The lowest BCUT2D eigenvalue weighted by molar-refractivity contribution is -0.384. The van der Waals surface area contributed by atoms with Crippen LogP contribution in [0.2, 0.25) is 0 Å². The number of hydrogen-bond donors (Lipinski definition) is 4. The Morgan fingerprint density at radius 2 is 1.22 bits per heavy atom. The highest BCUT2D eigenvalue weighted by Gasteiger charge is 2.02. The summed E-state index contributed by atoms with van der Waals surface area (Å²) >= 11 is 0. The van der Waals surface area contributed by atoms with E-state index in [1.807, 2.05) is 65.0 Å². The molecule has 0 saturated carbocycles. The Morgan fingerprint density at radius 1 is 0.683 bits per heavy atom. The number of nitrogens with two attached hydrogens (primary N) is 2. The molecule has 6 N–H and O–H groups in total. The van der Waals surface area contributed by atoms with Crippen LogP contribution < -0.4 is 31.8 Å². The summed E-state index contributed by atoms with van der Waals surface area (Å²) in [5.41, 5.74) is 20.1. The molecule has 0 fully saturated rings. The highest BCUT2D eigenvalue weighted by atomic mass is 16.6. The Balaban J connectivity index is -0.000000327. The van der Waals surface area contributed by atoms with E-state index in [4.69, 9.17) is 35.2 Å². The van der Waals surface area contributed by atoms with E-state index in [1.165, 1.54) is 30.5 Å². The van der Waals surface area contributed by atoms with Crippen molar-refractivity contribution in [3.63, 3.8) is 0 Å². The number of non-ortho nitro benzene ring substituents is 1. The number of hydrazine groups is 1. The summed E-state index contributed by atoms with van der Waals surface area (Å²) in [6.07, 6.45) is 13.3. The van der Waals surface area contributed by atoms with E-state index >= 15 is 0 Å². The van der Waals surface area contributed by atoms with E-state index in [-0.39, 0.29) is 17.4 Å². The highest BCUT2D eigenvalue weighted by molar-refractivity contribution is 5.89. The Morgan fingerprint density at radius 3 is 1.60 bits per heavy atom. The minimum Gasteiger partial charge on any atom is -0.497 e. The number of ketones is 1. The van der Waals surface area contributed by atoms with E-state index in [2.05, 4.69) is 38.5 Å². The second-order valence-electron chi connectivity index (χ2n) is 13.4. The molecule has 0 heterocycles. The molecular weight excluding hydrogens is 803 g/mol. The van der Waals surface area contributed by atoms with Gasteiger partial charge in [0.2, 0.25) is 0 Å². The fraction of sp³-hybridized carbons (Fsp3) is 0.551. The van der Waals surface area contributed by atoms with Crippen LogP contribution in [0.15, 0.2) is 78.9 Å². The molecule has 3 aromatic carbocycles. The molecule has 14 heteroatoms. The van der Waals surface area contributed by atoms with Crippen LogP contribution in [0.25, 0.3) is 0 Å². The molecule has 63 heavy (non-hydrogen) atoms. The molecule has 360 valence electrons. The van der Waals surface area contributed by atoms with Crippen LogP contribution >= 0.6 is 0 Å². The Bertz CT molecular complexity index is 1480. The second-order valence-corrected chi connectivity index (χ2v) is 13.4. The number of nitro groups is 1. The average molecular weight is 888 g/mol. The molecule has 0 aromatic heterocycles. The standard InChI is InChI=1S/C8H11NO2.C8H18O2.C8H14O.C7H9N3O2.C7H9N.C7H14O2.C4H10/c1-10-6-3-4-8(11-2)7(9)5-6;1-3-5-9-7-8-10-6-4-2;1-3-5-7-8(9)6-4-2;1-8-9-6-2-4-7(5-3-6)10(11)12;1-6-2-4-7(8)5-3-6;1-3-5-7(8)9-6-4-2;1-3-4-2/h3-5H,9H2,1-2H3;3-8H2,1-2H3;5,7H,3-4,6H2,1-2H3;2-5,8-9H,1H3;2-5H,8H2,1H3;3-6H2,1-2H3;3-4H2,1-2H3/b;;7-5-;;;;. The molecular formula is C49H85N5O9. The number of hydrogen-bond acceptors (Lipinski definition) is 13. The first-order valence-corrected chi connectivity index (χ1v) is 22.2. The number of carbonyl (C=O) groups is 2. The molecule has 0 aliphatic heterocycles. The predicted molar refractivity (Wildman–Crippen MR) is 264 cm³/mol. The zero-order chi connectivity index (χ0) is 48.5. The maximum atomic E-state index is 10.7. The lowest BCUT2D eigenvalue weighted by atomic mass is 10.2. The van der Waals surface area contributed by atoms with Gasteiger partial charge in [-0.15, -0.1) is 0 Å². The monoisotopic (exact) mass is 888 g/mol.